The van der Waals surface area contributed by atoms with Crippen molar-refractivity contribution in [1.82, 2.24) is 15.1 Å². The van der Waals surface area contributed by atoms with Gasteiger partial charge in [-0.2, -0.15) is 0 Å². The number of benzene rings is 1. The van der Waals surface area contributed by atoms with Crippen LogP contribution in [-0.4, -0.2) is 69.5 Å². The summed E-state index contributed by atoms with van der Waals surface area (Å²) < 4.78 is 6.31. The number of aliphatic hydroxyl groups is 1. The molecule has 1 aromatic carbocycles. The van der Waals surface area contributed by atoms with Gasteiger partial charge < -0.3 is 14.7 Å². The molecule has 3 aliphatic heterocycles. The summed E-state index contributed by atoms with van der Waals surface area (Å²) in [5.74, 6) is -0.127. The van der Waals surface area contributed by atoms with Crippen molar-refractivity contribution in [2.24, 2.45) is 0 Å². The summed E-state index contributed by atoms with van der Waals surface area (Å²) in [6.07, 6.45) is 3.81. The van der Waals surface area contributed by atoms with Gasteiger partial charge in [-0.3, -0.25) is 24.6 Å². The number of imide groups is 1. The van der Waals surface area contributed by atoms with E-state index in [-0.39, 0.29) is 36.7 Å². The van der Waals surface area contributed by atoms with E-state index in [1.807, 2.05) is 19.1 Å². The fraction of sp³-hybridized carbons (Fsp3) is 0.591. The Balaban J connectivity index is 0.00000231. The molecule has 2 saturated heterocycles. The molecule has 4 aliphatic rings. The Bertz CT molecular complexity index is 912. The predicted molar refractivity (Wildman–Crippen MR) is 114 cm³/mol. The van der Waals surface area contributed by atoms with Crippen molar-refractivity contribution in [3.8, 4) is 5.75 Å². The summed E-state index contributed by atoms with van der Waals surface area (Å²) in [5.41, 5.74) is 0.845. The summed E-state index contributed by atoms with van der Waals surface area (Å²) in [6, 6.07) is 5.20. The van der Waals surface area contributed by atoms with E-state index in [2.05, 4.69) is 10.2 Å². The van der Waals surface area contributed by atoms with E-state index in [9.17, 15) is 19.5 Å². The van der Waals surface area contributed by atoms with Gasteiger partial charge in [-0.25, -0.2) is 0 Å². The van der Waals surface area contributed by atoms with E-state index in [4.69, 9.17) is 4.74 Å². The van der Waals surface area contributed by atoms with E-state index < -0.39 is 17.6 Å². The normalized spacial score (nSPS) is 29.8. The maximum Gasteiger partial charge on any atom is 0.255 e. The first-order chi connectivity index (χ1) is 14.3. The number of carbonyl (C=O) groups is 3. The Hall–Kier alpha value is -2.16. The van der Waals surface area contributed by atoms with E-state index in [1.54, 1.807) is 11.0 Å². The lowest BCUT2D eigenvalue weighted by molar-refractivity contribution is -0.136. The molecular formula is C22H28ClN3O5. The third-order valence-corrected chi connectivity index (χ3v) is 6.76. The van der Waals surface area contributed by atoms with Crippen LogP contribution < -0.4 is 10.1 Å². The van der Waals surface area contributed by atoms with E-state index in [0.29, 0.717) is 37.7 Å². The molecule has 3 heterocycles. The highest BCUT2D eigenvalue weighted by Gasteiger charge is 2.45. The van der Waals surface area contributed by atoms with Crippen molar-refractivity contribution in [3.05, 3.63) is 29.3 Å². The molecule has 0 bridgehead atoms. The molecule has 3 fully saturated rings. The highest BCUT2D eigenvalue weighted by atomic mass is 35.5. The zero-order chi connectivity index (χ0) is 21.0. The molecule has 1 saturated carbocycles. The molecule has 2 N–H and O–H groups in total. The van der Waals surface area contributed by atoms with Crippen LogP contribution in [-0.2, 0) is 16.1 Å². The summed E-state index contributed by atoms with van der Waals surface area (Å²) in [6.45, 7) is 3.56. The average molecular weight is 450 g/mol. The van der Waals surface area contributed by atoms with Gasteiger partial charge in [0.2, 0.25) is 11.8 Å². The van der Waals surface area contributed by atoms with Gasteiger partial charge in [0.15, 0.2) is 0 Å². The molecule has 0 radical (unpaired) electrons. The van der Waals surface area contributed by atoms with Gasteiger partial charge in [-0.05, 0) is 56.4 Å². The number of rotatable bonds is 4. The van der Waals surface area contributed by atoms with Crippen LogP contribution in [0.2, 0.25) is 0 Å². The Morgan fingerprint density at radius 2 is 1.94 bits per heavy atom. The SMILES string of the molecule is CC1(O)CN([C@H]2CCC[C@@H]2Oc2ccc3c(c2)CN(C2CCC(=O)NC2=O)C3=O)C1.Cl. The topological polar surface area (TPSA) is 99.2 Å². The van der Waals surface area contributed by atoms with E-state index in [0.717, 1.165) is 30.6 Å². The average Bonchev–Trinajstić information content (AvgIpc) is 3.24. The predicted octanol–water partition coefficient (Wildman–Crippen LogP) is 1.24. The van der Waals surface area contributed by atoms with Crippen LogP contribution in [0.3, 0.4) is 0 Å². The van der Waals surface area contributed by atoms with Crippen molar-refractivity contribution >= 4 is 30.1 Å². The number of fused-ring (bicyclic) bond motifs is 1. The van der Waals surface area contributed by atoms with Crippen molar-refractivity contribution in [2.75, 3.05) is 13.1 Å². The summed E-state index contributed by atoms with van der Waals surface area (Å²) in [5, 5.41) is 12.4. The number of nitrogens with one attached hydrogen (secondary N) is 1. The fourth-order valence-corrected chi connectivity index (χ4v) is 5.32. The van der Waals surface area contributed by atoms with Crippen molar-refractivity contribution < 1.29 is 24.2 Å². The third kappa shape index (κ3) is 4.04. The molecule has 3 amide bonds. The quantitative estimate of drug-likeness (QED) is 0.671. The number of hydrogen-bond donors (Lipinski definition) is 2. The van der Waals surface area contributed by atoms with Crippen molar-refractivity contribution in [2.45, 2.75) is 69.4 Å². The lowest BCUT2D eigenvalue weighted by atomic mass is 9.93. The van der Waals surface area contributed by atoms with Gasteiger partial charge in [-0.1, -0.05) is 0 Å². The van der Waals surface area contributed by atoms with Crippen molar-refractivity contribution in [3.63, 3.8) is 0 Å². The summed E-state index contributed by atoms with van der Waals surface area (Å²) in [7, 11) is 0. The first-order valence-corrected chi connectivity index (χ1v) is 10.7. The molecule has 0 aromatic heterocycles. The Kier molecular flexibility index (Phi) is 5.74. The van der Waals surface area contributed by atoms with Crippen LogP contribution in [0.15, 0.2) is 18.2 Å². The number of amides is 3. The molecule has 1 unspecified atom stereocenters. The summed E-state index contributed by atoms with van der Waals surface area (Å²) in [4.78, 5) is 40.3. The number of ether oxygens (including phenoxy) is 1. The minimum Gasteiger partial charge on any atom is -0.489 e. The van der Waals surface area contributed by atoms with Crippen LogP contribution in [0.1, 0.15) is 54.9 Å². The van der Waals surface area contributed by atoms with Crippen LogP contribution in [0.25, 0.3) is 0 Å². The Morgan fingerprint density at radius 3 is 2.65 bits per heavy atom. The summed E-state index contributed by atoms with van der Waals surface area (Å²) >= 11 is 0. The number of likely N-dealkylation sites (tertiary alicyclic amines) is 1. The number of halogens is 1. The van der Waals surface area contributed by atoms with Crippen LogP contribution in [0.5, 0.6) is 5.75 Å². The number of β-amino-alcohol motifs (C(OH)–C–C–N with tert-alkyl or cyclic N) is 1. The number of piperidine rings is 1. The maximum atomic E-state index is 12.8. The zero-order valence-electron chi connectivity index (χ0n) is 17.5. The van der Waals surface area contributed by atoms with Gasteiger partial charge in [0.1, 0.15) is 17.9 Å². The monoisotopic (exact) mass is 449 g/mol. The second kappa shape index (κ2) is 8.07. The fourth-order valence-electron chi connectivity index (χ4n) is 5.32. The second-order valence-electron chi connectivity index (χ2n) is 9.28. The molecule has 1 aliphatic carbocycles. The first-order valence-electron chi connectivity index (χ1n) is 10.7. The zero-order valence-corrected chi connectivity index (χ0v) is 18.3. The van der Waals surface area contributed by atoms with Gasteiger partial charge in [-0.15, -0.1) is 12.4 Å². The number of hydrogen-bond acceptors (Lipinski definition) is 6. The highest BCUT2D eigenvalue weighted by molar-refractivity contribution is 6.05. The van der Waals surface area contributed by atoms with E-state index in [1.165, 1.54) is 0 Å². The molecule has 8 nitrogen and oxygen atoms in total. The Labute approximate surface area is 187 Å². The standard InChI is InChI=1S/C22H27N3O5.ClH/c1-22(29)11-24(12-22)16-3-2-4-18(16)30-14-5-6-15-13(9-14)10-25(21(15)28)17-7-8-19(26)23-20(17)27;/h5-6,9,16-18,29H,2-4,7-8,10-12H2,1H3,(H,23,26,27);1H/t16-,17?,18-;/m0./s1. The van der Waals surface area contributed by atoms with E-state index >= 15 is 0 Å². The highest BCUT2D eigenvalue weighted by Crippen LogP contribution is 2.35. The first kappa shape index (κ1) is 22.0. The molecule has 31 heavy (non-hydrogen) atoms. The second-order valence-corrected chi connectivity index (χ2v) is 9.28. The van der Waals surface area contributed by atoms with Crippen LogP contribution in [0, 0.1) is 0 Å². The lowest BCUT2D eigenvalue weighted by Gasteiger charge is -2.48. The maximum absolute atomic E-state index is 12.8. The minimum absolute atomic E-state index is 0. The molecular weight excluding hydrogens is 422 g/mol. The van der Waals surface area contributed by atoms with Crippen LogP contribution in [0.4, 0.5) is 0 Å². The minimum atomic E-state index is -0.606. The van der Waals surface area contributed by atoms with Gasteiger partial charge in [0.05, 0.1) is 5.60 Å². The lowest BCUT2D eigenvalue weighted by Crippen LogP contribution is -2.64. The van der Waals surface area contributed by atoms with Gasteiger partial charge in [0.25, 0.3) is 5.91 Å². The molecule has 168 valence electrons. The third-order valence-electron chi connectivity index (χ3n) is 6.76. The number of carbonyl (C=O) groups excluding carboxylic acids is 3. The van der Waals surface area contributed by atoms with Crippen LogP contribution >= 0.6 is 12.4 Å². The van der Waals surface area contributed by atoms with Gasteiger partial charge in [0, 0.05) is 37.7 Å². The molecule has 5 rings (SSSR count). The number of nitrogens with zero attached hydrogens (tertiary/aromatic N) is 2. The molecule has 0 spiro atoms. The largest absolute Gasteiger partial charge is 0.489 e. The smallest absolute Gasteiger partial charge is 0.255 e. The van der Waals surface area contributed by atoms with Crippen molar-refractivity contribution in [1.29, 1.82) is 0 Å². The molecule has 3 atom stereocenters. The van der Waals surface area contributed by atoms with Gasteiger partial charge >= 0.3 is 0 Å². The Morgan fingerprint density at radius 1 is 1.16 bits per heavy atom. The molecule has 9 heteroatoms. The molecule has 1 aromatic rings.